The van der Waals surface area contributed by atoms with Crippen molar-refractivity contribution in [1.29, 1.82) is 0 Å². The monoisotopic (exact) mass is 445 g/mol. The van der Waals surface area contributed by atoms with Crippen molar-refractivity contribution in [2.75, 3.05) is 5.32 Å². The Kier molecular flexibility index (Phi) is 6.54. The Labute approximate surface area is 190 Å². The molecule has 2 aromatic carbocycles. The third kappa shape index (κ3) is 5.48. The molecule has 8 nitrogen and oxygen atoms in total. The van der Waals surface area contributed by atoms with Crippen molar-refractivity contribution in [3.63, 3.8) is 0 Å². The smallest absolute Gasteiger partial charge is 0.291 e. The minimum Gasteiger partial charge on any atom is -0.489 e. The Morgan fingerprint density at radius 1 is 1.00 bits per heavy atom. The molecule has 33 heavy (non-hydrogen) atoms. The molecule has 0 radical (unpaired) electrons. The lowest BCUT2D eigenvalue weighted by Crippen LogP contribution is -2.23. The van der Waals surface area contributed by atoms with Gasteiger partial charge in [-0.1, -0.05) is 23.4 Å². The highest BCUT2D eigenvalue weighted by molar-refractivity contribution is 6.02. The van der Waals surface area contributed by atoms with Gasteiger partial charge in [0.25, 0.3) is 11.8 Å². The van der Waals surface area contributed by atoms with Crippen molar-refractivity contribution in [2.45, 2.75) is 27.0 Å². The maximum Gasteiger partial charge on any atom is 0.291 e. The topological polar surface area (TPSA) is 107 Å². The number of ether oxygens (including phenoxy) is 1. The number of hydrogen-bond donors (Lipinski definition) is 2. The van der Waals surface area contributed by atoms with Crippen LogP contribution >= 0.6 is 0 Å². The van der Waals surface area contributed by atoms with Gasteiger partial charge in [0.1, 0.15) is 18.1 Å². The van der Waals surface area contributed by atoms with Crippen LogP contribution in [0, 0.1) is 13.8 Å². The van der Waals surface area contributed by atoms with Crippen LogP contribution in [0.15, 0.2) is 75.9 Å². The second kappa shape index (κ2) is 9.86. The van der Waals surface area contributed by atoms with Crippen molar-refractivity contribution in [3.8, 4) is 5.75 Å². The van der Waals surface area contributed by atoms with Gasteiger partial charge in [0.05, 0.1) is 17.5 Å². The first-order valence-electron chi connectivity index (χ1n) is 10.4. The van der Waals surface area contributed by atoms with Gasteiger partial charge >= 0.3 is 0 Å². The third-order valence-electron chi connectivity index (χ3n) is 5.04. The summed E-state index contributed by atoms with van der Waals surface area (Å²) < 4.78 is 16.1. The molecule has 2 heterocycles. The first kappa shape index (κ1) is 21.9. The highest BCUT2D eigenvalue weighted by Gasteiger charge is 2.12. The van der Waals surface area contributed by atoms with Gasteiger partial charge in [-0.2, -0.15) is 0 Å². The predicted molar refractivity (Wildman–Crippen MR) is 121 cm³/mol. The molecule has 0 fully saturated rings. The fourth-order valence-electron chi connectivity index (χ4n) is 3.23. The second-order valence-electron chi connectivity index (χ2n) is 7.43. The number of aromatic nitrogens is 1. The van der Waals surface area contributed by atoms with E-state index in [0.29, 0.717) is 35.9 Å². The molecule has 4 rings (SSSR count). The van der Waals surface area contributed by atoms with Gasteiger partial charge in [-0.15, -0.1) is 0 Å². The van der Waals surface area contributed by atoms with E-state index >= 15 is 0 Å². The maximum atomic E-state index is 12.7. The molecule has 0 aliphatic carbocycles. The SMILES string of the molecule is Cc1noc(C)c1COc1cccc(C(=O)NCc2cccc(NC(=O)c3ccco3)c2)c1. The molecular formula is C25H23N3O5. The van der Waals surface area contributed by atoms with Crippen LogP contribution in [-0.2, 0) is 13.2 Å². The molecule has 0 unspecified atom stereocenters. The molecular weight excluding hydrogens is 422 g/mol. The van der Waals surface area contributed by atoms with E-state index in [0.717, 1.165) is 16.8 Å². The van der Waals surface area contributed by atoms with Gasteiger partial charge in [0.15, 0.2) is 5.76 Å². The summed E-state index contributed by atoms with van der Waals surface area (Å²) >= 11 is 0. The van der Waals surface area contributed by atoms with E-state index < -0.39 is 0 Å². The number of hydrogen-bond acceptors (Lipinski definition) is 6. The normalized spacial score (nSPS) is 10.6. The first-order chi connectivity index (χ1) is 16.0. The van der Waals surface area contributed by atoms with Crippen molar-refractivity contribution in [3.05, 3.63) is 101 Å². The predicted octanol–water partition coefficient (Wildman–Crippen LogP) is 4.65. The second-order valence-corrected chi connectivity index (χ2v) is 7.43. The number of carbonyl (C=O) groups excluding carboxylic acids is 2. The summed E-state index contributed by atoms with van der Waals surface area (Å²) in [7, 11) is 0. The molecule has 0 spiro atoms. The lowest BCUT2D eigenvalue weighted by Gasteiger charge is -2.10. The number of nitrogens with zero attached hydrogens (tertiary/aromatic N) is 1. The van der Waals surface area contributed by atoms with Crippen molar-refractivity contribution in [2.24, 2.45) is 0 Å². The Bertz CT molecular complexity index is 1240. The van der Waals surface area contributed by atoms with Crippen LogP contribution in [0.5, 0.6) is 5.75 Å². The average molecular weight is 445 g/mol. The van der Waals surface area contributed by atoms with Gasteiger partial charge in [-0.3, -0.25) is 9.59 Å². The first-order valence-corrected chi connectivity index (χ1v) is 10.4. The molecule has 0 aliphatic rings. The lowest BCUT2D eigenvalue weighted by atomic mass is 10.1. The van der Waals surface area contributed by atoms with Gasteiger partial charge < -0.3 is 24.3 Å². The number of amides is 2. The van der Waals surface area contributed by atoms with E-state index in [1.54, 1.807) is 48.5 Å². The number of rotatable bonds is 8. The average Bonchev–Trinajstić information content (AvgIpc) is 3.47. The minimum absolute atomic E-state index is 0.227. The quantitative estimate of drug-likeness (QED) is 0.409. The van der Waals surface area contributed by atoms with Crippen LogP contribution in [0.4, 0.5) is 5.69 Å². The summed E-state index contributed by atoms with van der Waals surface area (Å²) in [4.78, 5) is 24.8. The summed E-state index contributed by atoms with van der Waals surface area (Å²) in [5, 5.41) is 9.57. The van der Waals surface area contributed by atoms with Gasteiger partial charge in [0.2, 0.25) is 0 Å². The van der Waals surface area contributed by atoms with Crippen molar-refractivity contribution >= 4 is 17.5 Å². The highest BCUT2D eigenvalue weighted by atomic mass is 16.5. The van der Waals surface area contributed by atoms with Crippen LogP contribution in [0.25, 0.3) is 0 Å². The van der Waals surface area contributed by atoms with Gasteiger partial charge in [-0.05, 0) is 61.9 Å². The molecule has 4 aromatic rings. The Balaban J connectivity index is 1.34. The van der Waals surface area contributed by atoms with E-state index in [1.807, 2.05) is 26.0 Å². The Morgan fingerprint density at radius 3 is 2.61 bits per heavy atom. The zero-order valence-corrected chi connectivity index (χ0v) is 18.3. The zero-order chi connectivity index (χ0) is 23.2. The van der Waals surface area contributed by atoms with Crippen molar-refractivity contribution in [1.82, 2.24) is 10.5 Å². The number of anilines is 1. The molecule has 2 amide bonds. The van der Waals surface area contributed by atoms with E-state index in [1.165, 1.54) is 6.26 Å². The summed E-state index contributed by atoms with van der Waals surface area (Å²) in [5.74, 6) is 0.942. The largest absolute Gasteiger partial charge is 0.489 e. The molecule has 2 N–H and O–H groups in total. The fourth-order valence-corrected chi connectivity index (χ4v) is 3.23. The Morgan fingerprint density at radius 2 is 1.85 bits per heavy atom. The summed E-state index contributed by atoms with van der Waals surface area (Å²) in [6.45, 7) is 4.30. The summed E-state index contributed by atoms with van der Waals surface area (Å²) in [6, 6.07) is 17.4. The summed E-state index contributed by atoms with van der Waals surface area (Å²) in [5.41, 5.74) is 3.60. The maximum absolute atomic E-state index is 12.7. The Hall–Kier alpha value is -4.33. The molecule has 0 aliphatic heterocycles. The van der Waals surface area contributed by atoms with Crippen LogP contribution in [0.1, 0.15) is 43.5 Å². The molecule has 2 aromatic heterocycles. The van der Waals surface area contributed by atoms with E-state index in [9.17, 15) is 9.59 Å². The van der Waals surface area contributed by atoms with E-state index in [2.05, 4.69) is 15.8 Å². The van der Waals surface area contributed by atoms with E-state index in [4.69, 9.17) is 13.7 Å². The van der Waals surface area contributed by atoms with Gasteiger partial charge in [0, 0.05) is 17.8 Å². The molecule has 168 valence electrons. The number of carbonyl (C=O) groups is 2. The van der Waals surface area contributed by atoms with Crippen LogP contribution in [-0.4, -0.2) is 17.0 Å². The molecule has 0 saturated heterocycles. The number of furan rings is 1. The van der Waals surface area contributed by atoms with E-state index in [-0.39, 0.29) is 17.6 Å². The van der Waals surface area contributed by atoms with Crippen LogP contribution in [0.2, 0.25) is 0 Å². The minimum atomic E-state index is -0.338. The fraction of sp³-hybridized carbons (Fsp3) is 0.160. The number of aryl methyl sites for hydroxylation is 2. The van der Waals surface area contributed by atoms with Gasteiger partial charge in [-0.25, -0.2) is 0 Å². The molecule has 0 bridgehead atoms. The lowest BCUT2D eigenvalue weighted by molar-refractivity contribution is 0.0949. The third-order valence-corrected chi connectivity index (χ3v) is 5.04. The van der Waals surface area contributed by atoms with Crippen LogP contribution < -0.4 is 15.4 Å². The van der Waals surface area contributed by atoms with Crippen molar-refractivity contribution < 1.29 is 23.3 Å². The summed E-state index contributed by atoms with van der Waals surface area (Å²) in [6.07, 6.45) is 1.44. The number of nitrogens with one attached hydrogen (secondary N) is 2. The molecule has 0 saturated carbocycles. The molecule has 8 heteroatoms. The zero-order valence-electron chi connectivity index (χ0n) is 18.3. The number of benzene rings is 2. The standard InChI is InChI=1S/C25H23N3O5/c1-16-22(17(2)33-28-16)15-32-21-9-4-7-19(13-21)24(29)26-14-18-6-3-8-20(12-18)27-25(30)23-10-5-11-31-23/h3-13H,14-15H2,1-2H3,(H,26,29)(H,27,30). The van der Waals surface area contributed by atoms with Crippen LogP contribution in [0.3, 0.4) is 0 Å². The highest BCUT2D eigenvalue weighted by Crippen LogP contribution is 2.19. The molecule has 0 atom stereocenters.